The third kappa shape index (κ3) is 2.68. The summed E-state index contributed by atoms with van der Waals surface area (Å²) in [6.07, 6.45) is 0.882. The molecule has 0 N–H and O–H groups in total. The molecule has 6 heteroatoms. The molecule has 2 aromatic rings. The van der Waals surface area contributed by atoms with Crippen molar-refractivity contribution in [1.82, 2.24) is 0 Å². The fraction of sp³-hybridized carbons (Fsp3) is 0.312. The van der Waals surface area contributed by atoms with Crippen molar-refractivity contribution in [3.05, 3.63) is 65.5 Å². The van der Waals surface area contributed by atoms with Crippen LogP contribution in [0.15, 0.2) is 54.7 Å². The molecule has 0 radical (unpaired) electrons. The van der Waals surface area contributed by atoms with Gasteiger partial charge in [0.25, 0.3) is 0 Å². The quantitative estimate of drug-likeness (QED) is 0.485. The van der Waals surface area contributed by atoms with E-state index >= 15 is 0 Å². The van der Waals surface area contributed by atoms with Gasteiger partial charge < -0.3 is 9.73 Å². The predicted octanol–water partition coefficient (Wildman–Crippen LogP) is 2.95. The zero-order valence-corrected chi connectivity index (χ0v) is 13.4. The Hall–Kier alpha value is -1.68. The van der Waals surface area contributed by atoms with Gasteiger partial charge >= 0.3 is 13.0 Å². The van der Waals surface area contributed by atoms with Crippen LogP contribution in [-0.2, 0) is 13.6 Å². The minimum atomic E-state index is -3.65. The van der Waals surface area contributed by atoms with Crippen LogP contribution in [0.3, 0.4) is 0 Å². The number of aromatic nitrogens is 1. The van der Waals surface area contributed by atoms with Gasteiger partial charge in [0, 0.05) is 17.5 Å². The summed E-state index contributed by atoms with van der Waals surface area (Å²) in [5.74, 6) is 0. The first-order valence-electron chi connectivity index (χ1n) is 7.09. The van der Waals surface area contributed by atoms with Crippen molar-refractivity contribution in [3.8, 4) is 0 Å². The zero-order valence-electron chi connectivity index (χ0n) is 12.5. The lowest BCUT2D eigenvalue weighted by Gasteiger charge is -2.40. The molecule has 116 valence electrons. The molecular weight excluding hydrogens is 301 g/mol. The summed E-state index contributed by atoms with van der Waals surface area (Å²) in [4.78, 5) is 0. The Morgan fingerprint density at radius 3 is 2.55 bits per heavy atom. The van der Waals surface area contributed by atoms with E-state index in [-0.39, 0.29) is 17.5 Å². The molecule has 1 fully saturated rings. The molecule has 1 aromatic carbocycles. The third-order valence-corrected chi connectivity index (χ3v) is 5.61. The van der Waals surface area contributed by atoms with Crippen LogP contribution in [0.2, 0.25) is 0 Å². The lowest BCUT2D eigenvalue weighted by atomic mass is 9.83. The lowest BCUT2D eigenvalue weighted by molar-refractivity contribution is -0.587. The second kappa shape index (κ2) is 5.51. The second-order valence-corrected chi connectivity index (χ2v) is 7.96. The maximum absolute atomic E-state index is 13.1. The summed E-state index contributed by atoms with van der Waals surface area (Å²) in [7, 11) is -3.65. The number of rotatable bonds is 2. The number of hydrogen-bond acceptors (Lipinski definition) is 4. The third-order valence-electron chi connectivity index (χ3n) is 3.75. The first kappa shape index (κ1) is 15.2. The SMILES string of the molecule is CC1(C)COP(=O)(c2cccc[n+]2[O-])O[C@H]1c1ccccc1. The van der Waals surface area contributed by atoms with E-state index in [1.54, 1.807) is 12.1 Å². The van der Waals surface area contributed by atoms with Crippen molar-refractivity contribution in [2.45, 2.75) is 20.0 Å². The van der Waals surface area contributed by atoms with Crippen LogP contribution < -0.4 is 10.2 Å². The Labute approximate surface area is 129 Å². The van der Waals surface area contributed by atoms with Gasteiger partial charge in [-0.15, -0.1) is 0 Å². The van der Waals surface area contributed by atoms with Crippen LogP contribution in [0.25, 0.3) is 0 Å². The molecule has 0 aliphatic carbocycles. The van der Waals surface area contributed by atoms with E-state index in [1.165, 1.54) is 12.3 Å². The molecule has 1 saturated heterocycles. The molecule has 1 aliphatic rings. The van der Waals surface area contributed by atoms with E-state index in [1.807, 2.05) is 44.2 Å². The number of pyridine rings is 1. The molecule has 22 heavy (non-hydrogen) atoms. The molecule has 0 amide bonds. The predicted molar refractivity (Wildman–Crippen MR) is 82.6 cm³/mol. The minimum Gasteiger partial charge on any atom is -0.618 e. The van der Waals surface area contributed by atoms with Crippen LogP contribution >= 0.6 is 7.60 Å². The average molecular weight is 319 g/mol. The maximum atomic E-state index is 13.1. The highest BCUT2D eigenvalue weighted by atomic mass is 31.2. The summed E-state index contributed by atoms with van der Waals surface area (Å²) in [5.41, 5.74) is 0.591. The van der Waals surface area contributed by atoms with Crippen molar-refractivity contribution in [1.29, 1.82) is 0 Å². The Bertz CT molecular complexity index is 717. The van der Waals surface area contributed by atoms with Crippen molar-refractivity contribution in [2.75, 3.05) is 6.61 Å². The number of benzene rings is 1. The lowest BCUT2D eigenvalue weighted by Crippen LogP contribution is -2.46. The van der Waals surface area contributed by atoms with Crippen molar-refractivity contribution in [3.63, 3.8) is 0 Å². The van der Waals surface area contributed by atoms with Crippen LogP contribution in [0, 0.1) is 10.6 Å². The standard InChI is InChI=1S/C16H18NO4P/c1-16(2)12-20-22(19,14-10-6-7-11-17(14)18)21-15(16)13-8-4-3-5-9-13/h3-11,15H,12H2,1-2H3/t15-,22?/m0/s1. The largest absolute Gasteiger partial charge is 0.618 e. The molecule has 3 rings (SSSR count). The molecule has 0 bridgehead atoms. The monoisotopic (exact) mass is 319 g/mol. The highest BCUT2D eigenvalue weighted by molar-refractivity contribution is 7.61. The van der Waals surface area contributed by atoms with Gasteiger partial charge in [-0.05, 0) is 11.6 Å². The van der Waals surface area contributed by atoms with Gasteiger partial charge in [0.15, 0.2) is 6.20 Å². The molecule has 2 atom stereocenters. The molecule has 2 heterocycles. The summed E-state index contributed by atoms with van der Waals surface area (Å²) in [5, 5.41) is 11.9. The van der Waals surface area contributed by atoms with Crippen molar-refractivity contribution < 1.29 is 18.3 Å². The van der Waals surface area contributed by atoms with Gasteiger partial charge in [-0.25, -0.2) is 4.57 Å². The Kier molecular flexibility index (Phi) is 3.81. The summed E-state index contributed by atoms with van der Waals surface area (Å²) in [6, 6.07) is 14.3. The van der Waals surface area contributed by atoms with E-state index in [4.69, 9.17) is 9.05 Å². The second-order valence-electron chi connectivity index (χ2n) is 6.04. The summed E-state index contributed by atoms with van der Waals surface area (Å²) >= 11 is 0. The molecule has 0 spiro atoms. The van der Waals surface area contributed by atoms with Crippen LogP contribution in [0.4, 0.5) is 0 Å². The van der Waals surface area contributed by atoms with Crippen LogP contribution in [-0.4, -0.2) is 6.61 Å². The minimum absolute atomic E-state index is 0.0198. The number of nitrogens with zero attached hydrogens (tertiary/aromatic N) is 1. The van der Waals surface area contributed by atoms with Gasteiger partial charge in [0.1, 0.15) is 0 Å². The van der Waals surface area contributed by atoms with Crippen LogP contribution in [0.1, 0.15) is 25.5 Å². The van der Waals surface area contributed by atoms with Gasteiger partial charge in [-0.1, -0.05) is 44.2 Å². The van der Waals surface area contributed by atoms with Gasteiger partial charge in [0.05, 0.1) is 12.7 Å². The smallest absolute Gasteiger partial charge is 0.426 e. The molecule has 1 aliphatic heterocycles. The Morgan fingerprint density at radius 2 is 1.86 bits per heavy atom. The fourth-order valence-corrected chi connectivity index (χ4v) is 4.60. The van der Waals surface area contributed by atoms with Crippen molar-refractivity contribution in [2.24, 2.45) is 5.41 Å². The summed E-state index contributed by atoms with van der Waals surface area (Å²) in [6.45, 7) is 4.23. The van der Waals surface area contributed by atoms with Crippen molar-refractivity contribution >= 4 is 13.0 Å². The fourth-order valence-electron chi connectivity index (χ4n) is 2.53. The average Bonchev–Trinajstić information content (AvgIpc) is 2.51. The van der Waals surface area contributed by atoms with E-state index in [9.17, 15) is 9.77 Å². The molecule has 1 aromatic heterocycles. The zero-order chi connectivity index (χ0) is 15.8. The first-order valence-corrected chi connectivity index (χ1v) is 8.63. The van der Waals surface area contributed by atoms with E-state index in [2.05, 4.69) is 0 Å². The molecule has 1 unspecified atom stereocenters. The topological polar surface area (TPSA) is 62.5 Å². The summed E-state index contributed by atoms with van der Waals surface area (Å²) < 4.78 is 25.0. The highest BCUT2D eigenvalue weighted by Crippen LogP contribution is 2.59. The van der Waals surface area contributed by atoms with E-state index in [0.29, 0.717) is 4.73 Å². The van der Waals surface area contributed by atoms with Gasteiger partial charge in [0.2, 0.25) is 0 Å². The van der Waals surface area contributed by atoms with Crippen LogP contribution in [0.5, 0.6) is 0 Å². The first-order chi connectivity index (χ1) is 10.4. The highest BCUT2D eigenvalue weighted by Gasteiger charge is 2.49. The Balaban J connectivity index is 2.01. The maximum Gasteiger partial charge on any atom is 0.426 e. The number of hydrogen-bond donors (Lipinski definition) is 0. The molecule has 5 nitrogen and oxygen atoms in total. The normalized spacial score (nSPS) is 27.5. The van der Waals surface area contributed by atoms with Gasteiger partial charge in [-0.3, -0.25) is 4.52 Å². The van der Waals surface area contributed by atoms with E-state index < -0.39 is 13.7 Å². The van der Waals surface area contributed by atoms with Gasteiger partial charge in [-0.2, -0.15) is 4.73 Å². The molecular formula is C16H18NO4P. The van der Waals surface area contributed by atoms with E-state index in [0.717, 1.165) is 5.56 Å². The Morgan fingerprint density at radius 1 is 1.18 bits per heavy atom. The molecule has 0 saturated carbocycles.